The van der Waals surface area contributed by atoms with Crippen LogP contribution in [0.15, 0.2) is 24.3 Å². The van der Waals surface area contributed by atoms with E-state index in [1.165, 1.54) is 12.8 Å². The number of ether oxygens (including phenoxy) is 1. The molecule has 24 heavy (non-hydrogen) atoms. The molecule has 0 aromatic heterocycles. The Balaban J connectivity index is 1.89. The van der Waals surface area contributed by atoms with Crippen LogP contribution in [0.4, 0.5) is 0 Å². The van der Waals surface area contributed by atoms with Crippen molar-refractivity contribution in [2.45, 2.75) is 38.6 Å². The number of nitrogens with zero attached hydrogens (tertiary/aromatic N) is 1. The summed E-state index contributed by atoms with van der Waals surface area (Å²) in [4.78, 5) is 27.0. The summed E-state index contributed by atoms with van der Waals surface area (Å²) in [6.07, 6.45) is 3.44. The molecule has 2 atom stereocenters. The zero-order valence-electron chi connectivity index (χ0n) is 14.5. The van der Waals surface area contributed by atoms with E-state index in [9.17, 15) is 9.59 Å². The van der Waals surface area contributed by atoms with Crippen molar-refractivity contribution in [3.63, 3.8) is 0 Å². The molecule has 2 aliphatic rings. The van der Waals surface area contributed by atoms with Gasteiger partial charge in [0, 0.05) is 25.1 Å². The van der Waals surface area contributed by atoms with E-state index in [2.05, 4.69) is 5.32 Å². The van der Waals surface area contributed by atoms with Gasteiger partial charge in [-0.2, -0.15) is 0 Å². The second-order valence-corrected chi connectivity index (χ2v) is 6.70. The number of para-hydroxylation sites is 1. The molecule has 0 bridgehead atoms. The summed E-state index contributed by atoms with van der Waals surface area (Å²) >= 11 is 0. The minimum atomic E-state index is -0.258. The molecule has 1 heterocycles. The van der Waals surface area contributed by atoms with E-state index in [-0.39, 0.29) is 23.8 Å². The van der Waals surface area contributed by atoms with Gasteiger partial charge in [-0.05, 0) is 38.2 Å². The van der Waals surface area contributed by atoms with Crippen molar-refractivity contribution in [1.82, 2.24) is 10.2 Å². The SMILES string of the molecule is CCN1C(=O)CC[C@@H](C(=O)NCC2CC2)[C@@H]1c1ccccc1OC. The summed E-state index contributed by atoms with van der Waals surface area (Å²) < 4.78 is 5.49. The summed E-state index contributed by atoms with van der Waals surface area (Å²) in [5.74, 6) is 1.32. The number of likely N-dealkylation sites (tertiary alicyclic amines) is 1. The van der Waals surface area contributed by atoms with Crippen LogP contribution in [-0.2, 0) is 9.59 Å². The van der Waals surface area contributed by atoms with Crippen LogP contribution >= 0.6 is 0 Å². The lowest BCUT2D eigenvalue weighted by Gasteiger charge is -2.40. The number of methoxy groups -OCH3 is 1. The summed E-state index contributed by atoms with van der Waals surface area (Å²) in [6.45, 7) is 3.31. The second-order valence-electron chi connectivity index (χ2n) is 6.70. The third kappa shape index (κ3) is 3.40. The van der Waals surface area contributed by atoms with Gasteiger partial charge in [0.05, 0.1) is 19.1 Å². The zero-order chi connectivity index (χ0) is 17.1. The van der Waals surface area contributed by atoms with Gasteiger partial charge in [-0.25, -0.2) is 0 Å². The number of nitrogens with one attached hydrogen (secondary N) is 1. The third-order valence-electron chi connectivity index (χ3n) is 5.10. The Bertz CT molecular complexity index is 612. The third-order valence-corrected chi connectivity index (χ3v) is 5.10. The Morgan fingerprint density at radius 2 is 2.04 bits per heavy atom. The highest BCUT2D eigenvalue weighted by Crippen LogP contribution is 2.40. The lowest BCUT2D eigenvalue weighted by molar-refractivity contribution is -0.143. The molecule has 1 aliphatic carbocycles. The lowest BCUT2D eigenvalue weighted by atomic mass is 9.83. The fourth-order valence-corrected chi connectivity index (χ4v) is 3.59. The molecule has 2 fully saturated rings. The van der Waals surface area contributed by atoms with Gasteiger partial charge in [-0.3, -0.25) is 9.59 Å². The van der Waals surface area contributed by atoms with Crippen molar-refractivity contribution in [3.8, 4) is 5.75 Å². The summed E-state index contributed by atoms with van der Waals surface area (Å²) in [7, 11) is 1.63. The van der Waals surface area contributed by atoms with Crippen LogP contribution in [0.5, 0.6) is 5.75 Å². The highest BCUT2D eigenvalue weighted by molar-refractivity contribution is 5.85. The molecule has 5 nitrogen and oxygen atoms in total. The number of rotatable bonds is 6. The van der Waals surface area contributed by atoms with Gasteiger partial charge in [0.25, 0.3) is 0 Å². The van der Waals surface area contributed by atoms with Gasteiger partial charge in [0.15, 0.2) is 0 Å². The smallest absolute Gasteiger partial charge is 0.225 e. The Morgan fingerprint density at radius 1 is 1.29 bits per heavy atom. The van der Waals surface area contributed by atoms with Gasteiger partial charge in [-0.15, -0.1) is 0 Å². The fraction of sp³-hybridized carbons (Fsp3) is 0.579. The summed E-state index contributed by atoms with van der Waals surface area (Å²) in [5.41, 5.74) is 0.918. The second kappa shape index (κ2) is 7.24. The highest BCUT2D eigenvalue weighted by Gasteiger charge is 2.41. The molecular formula is C19H26N2O3. The Hall–Kier alpha value is -2.04. The van der Waals surface area contributed by atoms with Crippen molar-refractivity contribution in [1.29, 1.82) is 0 Å². The summed E-state index contributed by atoms with van der Waals surface area (Å²) in [6, 6.07) is 7.44. The quantitative estimate of drug-likeness (QED) is 0.872. The van der Waals surface area contributed by atoms with Crippen LogP contribution in [0.1, 0.15) is 44.2 Å². The number of carbonyl (C=O) groups excluding carboxylic acids is 2. The van der Waals surface area contributed by atoms with E-state index in [1.54, 1.807) is 7.11 Å². The highest BCUT2D eigenvalue weighted by atomic mass is 16.5. The standard InChI is InChI=1S/C19H26N2O3/c1-3-21-17(22)11-10-15(19(23)20-12-13-8-9-13)18(21)14-6-4-5-7-16(14)24-2/h4-7,13,15,18H,3,8-12H2,1-2H3,(H,20,23)/t15-,18+/m1/s1. The van der Waals surface area contributed by atoms with Crippen LogP contribution < -0.4 is 10.1 Å². The first kappa shape index (κ1) is 16.8. The molecule has 1 N–H and O–H groups in total. The normalized spacial score (nSPS) is 23.9. The van der Waals surface area contributed by atoms with E-state index in [1.807, 2.05) is 36.1 Å². The molecule has 0 radical (unpaired) electrons. The number of hydrogen-bond acceptors (Lipinski definition) is 3. The predicted molar refractivity (Wildman–Crippen MR) is 91.6 cm³/mol. The zero-order valence-corrected chi connectivity index (χ0v) is 14.5. The lowest BCUT2D eigenvalue weighted by Crippen LogP contribution is -2.48. The summed E-state index contributed by atoms with van der Waals surface area (Å²) in [5, 5.41) is 3.09. The van der Waals surface area contributed by atoms with Gasteiger partial charge in [0.2, 0.25) is 11.8 Å². The topological polar surface area (TPSA) is 58.6 Å². The van der Waals surface area contributed by atoms with E-state index < -0.39 is 0 Å². The molecule has 5 heteroatoms. The minimum Gasteiger partial charge on any atom is -0.496 e. The molecular weight excluding hydrogens is 304 g/mol. The van der Waals surface area contributed by atoms with E-state index in [0.717, 1.165) is 17.9 Å². The van der Waals surface area contributed by atoms with Gasteiger partial charge >= 0.3 is 0 Å². The van der Waals surface area contributed by atoms with Gasteiger partial charge in [0.1, 0.15) is 5.75 Å². The molecule has 1 saturated carbocycles. The molecule has 130 valence electrons. The number of hydrogen-bond donors (Lipinski definition) is 1. The first-order valence-corrected chi connectivity index (χ1v) is 8.85. The molecule has 1 aliphatic heterocycles. The molecule has 1 saturated heterocycles. The maximum absolute atomic E-state index is 12.8. The first-order chi connectivity index (χ1) is 11.7. The predicted octanol–water partition coefficient (Wildman–Crippen LogP) is 2.52. The monoisotopic (exact) mass is 330 g/mol. The molecule has 2 amide bonds. The fourth-order valence-electron chi connectivity index (χ4n) is 3.59. The minimum absolute atomic E-state index is 0.0590. The molecule has 0 unspecified atom stereocenters. The van der Waals surface area contributed by atoms with Crippen LogP contribution in [0.2, 0.25) is 0 Å². The first-order valence-electron chi connectivity index (χ1n) is 8.85. The molecule has 1 aromatic carbocycles. The number of amides is 2. The van der Waals surface area contributed by atoms with Crippen molar-refractivity contribution >= 4 is 11.8 Å². The van der Waals surface area contributed by atoms with Crippen LogP contribution in [0.3, 0.4) is 0 Å². The van der Waals surface area contributed by atoms with E-state index in [0.29, 0.717) is 25.3 Å². The Kier molecular flexibility index (Phi) is 5.07. The van der Waals surface area contributed by atoms with Crippen LogP contribution in [-0.4, -0.2) is 36.9 Å². The van der Waals surface area contributed by atoms with Crippen LogP contribution in [0.25, 0.3) is 0 Å². The number of benzene rings is 1. The number of piperidine rings is 1. The van der Waals surface area contributed by atoms with Crippen molar-refractivity contribution < 1.29 is 14.3 Å². The average Bonchev–Trinajstić information content (AvgIpc) is 3.43. The maximum atomic E-state index is 12.8. The van der Waals surface area contributed by atoms with E-state index >= 15 is 0 Å². The van der Waals surface area contributed by atoms with Gasteiger partial charge in [-0.1, -0.05) is 18.2 Å². The molecule has 1 aromatic rings. The average molecular weight is 330 g/mol. The Morgan fingerprint density at radius 3 is 2.71 bits per heavy atom. The van der Waals surface area contributed by atoms with Crippen molar-refractivity contribution in [2.75, 3.05) is 20.2 Å². The van der Waals surface area contributed by atoms with Gasteiger partial charge < -0.3 is 15.0 Å². The maximum Gasteiger partial charge on any atom is 0.225 e. The van der Waals surface area contributed by atoms with Crippen molar-refractivity contribution in [3.05, 3.63) is 29.8 Å². The number of carbonyl (C=O) groups is 2. The van der Waals surface area contributed by atoms with E-state index in [4.69, 9.17) is 4.74 Å². The largest absolute Gasteiger partial charge is 0.496 e. The Labute approximate surface area is 143 Å². The van der Waals surface area contributed by atoms with Crippen molar-refractivity contribution in [2.24, 2.45) is 11.8 Å². The molecule has 3 rings (SSSR count). The molecule has 0 spiro atoms. The van der Waals surface area contributed by atoms with Crippen LogP contribution in [0, 0.1) is 11.8 Å².